The maximum Gasteiger partial charge on any atom is 0.308 e. The Morgan fingerprint density at radius 1 is 1.00 bits per heavy atom. The smallest absolute Gasteiger partial charge is 0.308 e. The second-order valence-corrected chi connectivity index (χ2v) is 8.27. The van der Waals surface area contributed by atoms with E-state index in [9.17, 15) is 9.59 Å². The second kappa shape index (κ2) is 8.08. The highest BCUT2D eigenvalue weighted by molar-refractivity contribution is 7.13. The van der Waals surface area contributed by atoms with E-state index in [0.717, 1.165) is 27.3 Å². The molecule has 0 aliphatic rings. The minimum atomic E-state index is -0.508. The summed E-state index contributed by atoms with van der Waals surface area (Å²) in [6.07, 6.45) is 0. The molecule has 0 radical (unpaired) electrons. The van der Waals surface area contributed by atoms with Crippen LogP contribution in [0.1, 0.15) is 23.6 Å². The van der Waals surface area contributed by atoms with Crippen LogP contribution < -0.4 is 9.48 Å². The molecule has 2 aromatic carbocycles. The number of aryl methyl sites for hydroxylation is 1. The fourth-order valence-electron chi connectivity index (χ4n) is 3.17. The summed E-state index contributed by atoms with van der Waals surface area (Å²) in [4.78, 5) is 25.8. The Balaban J connectivity index is 2.41. The van der Waals surface area contributed by atoms with Crippen molar-refractivity contribution < 1.29 is 9.53 Å². The molecule has 3 nitrogen and oxygen atoms in total. The van der Waals surface area contributed by atoms with Gasteiger partial charge in [-0.2, -0.15) is 0 Å². The standard InChI is InChI=1S/C22H18Cl2O3S/c1-11-10-16(23)17(12(2)19(11)24)18-20(27-14(4)25)13(3)21(28-22(18)26)15-8-6-5-7-9-15/h5-10H,1-4H3. The topological polar surface area (TPSA) is 43.4 Å². The van der Waals surface area contributed by atoms with Crippen LogP contribution in [-0.4, -0.2) is 5.97 Å². The van der Waals surface area contributed by atoms with E-state index < -0.39 is 5.97 Å². The van der Waals surface area contributed by atoms with Gasteiger partial charge in [-0.3, -0.25) is 9.59 Å². The van der Waals surface area contributed by atoms with Gasteiger partial charge in [0.2, 0.25) is 4.74 Å². The quantitative estimate of drug-likeness (QED) is 0.437. The summed E-state index contributed by atoms with van der Waals surface area (Å²) >= 11 is 14.0. The van der Waals surface area contributed by atoms with Gasteiger partial charge in [0.05, 0.1) is 5.56 Å². The van der Waals surface area contributed by atoms with E-state index in [-0.39, 0.29) is 16.1 Å². The molecule has 0 aliphatic heterocycles. The number of rotatable bonds is 3. The maximum atomic E-state index is 13.2. The fraction of sp³-hybridized carbons (Fsp3) is 0.182. The second-order valence-electron chi connectivity index (χ2n) is 6.50. The fourth-order valence-corrected chi connectivity index (χ4v) is 4.70. The lowest BCUT2D eigenvalue weighted by atomic mass is 9.97. The number of esters is 1. The first-order valence-electron chi connectivity index (χ1n) is 8.59. The average molecular weight is 433 g/mol. The number of hydrogen-bond acceptors (Lipinski definition) is 4. The number of carbonyl (C=O) groups is 1. The van der Waals surface area contributed by atoms with Crippen LogP contribution >= 0.6 is 34.5 Å². The zero-order chi connectivity index (χ0) is 20.6. The van der Waals surface area contributed by atoms with Crippen LogP contribution in [-0.2, 0) is 4.79 Å². The molecule has 0 fully saturated rings. The largest absolute Gasteiger partial charge is 0.426 e. The third-order valence-corrected chi connectivity index (χ3v) is 6.49. The first-order valence-corrected chi connectivity index (χ1v) is 10.2. The van der Waals surface area contributed by atoms with E-state index in [1.54, 1.807) is 13.0 Å². The predicted molar refractivity (Wildman–Crippen MR) is 117 cm³/mol. The van der Waals surface area contributed by atoms with E-state index in [0.29, 0.717) is 26.7 Å². The third-order valence-electron chi connectivity index (χ3n) is 4.47. The Morgan fingerprint density at radius 3 is 2.25 bits per heavy atom. The molecule has 6 heteroatoms. The van der Waals surface area contributed by atoms with Crippen LogP contribution in [0.5, 0.6) is 5.75 Å². The molecule has 1 heterocycles. The number of ether oxygens (including phenoxy) is 1. The molecule has 0 aliphatic carbocycles. The van der Waals surface area contributed by atoms with E-state index in [1.807, 2.05) is 44.2 Å². The summed E-state index contributed by atoms with van der Waals surface area (Å²) in [5.41, 5.74) is 3.84. The molecule has 28 heavy (non-hydrogen) atoms. The van der Waals surface area contributed by atoms with Gasteiger partial charge in [-0.05, 0) is 43.5 Å². The number of hydrogen-bond donors (Lipinski definition) is 0. The highest BCUT2D eigenvalue weighted by Crippen LogP contribution is 2.44. The summed E-state index contributed by atoms with van der Waals surface area (Å²) in [5.74, 6) is -0.286. The van der Waals surface area contributed by atoms with E-state index in [4.69, 9.17) is 27.9 Å². The van der Waals surface area contributed by atoms with Crippen LogP contribution in [0.4, 0.5) is 0 Å². The van der Waals surface area contributed by atoms with E-state index in [2.05, 4.69) is 0 Å². The van der Waals surface area contributed by atoms with Crippen LogP contribution in [0.25, 0.3) is 21.6 Å². The van der Waals surface area contributed by atoms with E-state index >= 15 is 0 Å². The van der Waals surface area contributed by atoms with Gasteiger partial charge in [-0.25, -0.2) is 0 Å². The Labute approximate surface area is 177 Å². The average Bonchev–Trinajstić information content (AvgIpc) is 2.65. The van der Waals surface area contributed by atoms with Crippen molar-refractivity contribution in [2.24, 2.45) is 0 Å². The van der Waals surface area contributed by atoms with Gasteiger partial charge in [0, 0.05) is 33.0 Å². The highest BCUT2D eigenvalue weighted by Gasteiger charge is 2.24. The Hall–Kier alpha value is -2.14. The Morgan fingerprint density at radius 2 is 1.64 bits per heavy atom. The summed E-state index contributed by atoms with van der Waals surface area (Å²) in [6, 6.07) is 11.2. The third kappa shape index (κ3) is 3.72. The maximum absolute atomic E-state index is 13.2. The molecule has 0 saturated carbocycles. The number of halogens is 2. The molecule has 0 N–H and O–H groups in total. The zero-order valence-corrected chi connectivity index (χ0v) is 18.2. The molecular weight excluding hydrogens is 415 g/mol. The molecule has 0 saturated heterocycles. The SMILES string of the molecule is CC(=O)Oc1c(C)c(-c2ccccc2)sc(=O)c1-c1c(Cl)cc(C)c(Cl)c1C. The van der Waals surface area contributed by atoms with Crippen molar-refractivity contribution in [1.29, 1.82) is 0 Å². The molecule has 0 spiro atoms. The molecular formula is C22H18Cl2O3S. The lowest BCUT2D eigenvalue weighted by molar-refractivity contribution is -0.131. The van der Waals surface area contributed by atoms with Gasteiger partial charge < -0.3 is 4.74 Å². The summed E-state index contributed by atoms with van der Waals surface area (Å²) in [6.45, 7) is 6.79. The normalized spacial score (nSPS) is 10.8. The van der Waals surface area contributed by atoms with Crippen molar-refractivity contribution in [2.45, 2.75) is 27.7 Å². The Kier molecular flexibility index (Phi) is 5.94. The van der Waals surface area contributed by atoms with Gasteiger partial charge in [-0.1, -0.05) is 64.9 Å². The first-order chi connectivity index (χ1) is 13.2. The zero-order valence-electron chi connectivity index (χ0n) is 15.9. The molecule has 144 valence electrons. The minimum Gasteiger partial charge on any atom is -0.426 e. The summed E-state index contributed by atoms with van der Waals surface area (Å²) in [7, 11) is 0. The van der Waals surface area contributed by atoms with Crippen molar-refractivity contribution in [2.75, 3.05) is 0 Å². The molecule has 0 atom stereocenters. The predicted octanol–water partition coefficient (Wildman–Crippen LogP) is 6.60. The molecule has 3 rings (SSSR count). The van der Waals surface area contributed by atoms with Crippen molar-refractivity contribution in [1.82, 2.24) is 0 Å². The molecule has 0 bridgehead atoms. The summed E-state index contributed by atoms with van der Waals surface area (Å²) < 4.78 is 5.27. The van der Waals surface area contributed by atoms with Gasteiger partial charge >= 0.3 is 5.97 Å². The number of carbonyl (C=O) groups excluding carboxylic acids is 1. The van der Waals surface area contributed by atoms with Crippen molar-refractivity contribution in [3.63, 3.8) is 0 Å². The van der Waals surface area contributed by atoms with Gasteiger partial charge in [0.25, 0.3) is 0 Å². The molecule has 3 aromatic rings. The van der Waals surface area contributed by atoms with Crippen LogP contribution in [0.3, 0.4) is 0 Å². The van der Waals surface area contributed by atoms with Gasteiger partial charge in [-0.15, -0.1) is 0 Å². The summed E-state index contributed by atoms with van der Waals surface area (Å²) in [5, 5.41) is 0.923. The van der Waals surface area contributed by atoms with Crippen LogP contribution in [0, 0.1) is 20.8 Å². The first kappa shape index (κ1) is 20.6. The lowest BCUT2D eigenvalue weighted by Crippen LogP contribution is -2.12. The highest BCUT2D eigenvalue weighted by atomic mass is 35.5. The van der Waals surface area contributed by atoms with Gasteiger partial charge in [0.1, 0.15) is 5.75 Å². The van der Waals surface area contributed by atoms with Gasteiger partial charge in [0.15, 0.2) is 0 Å². The number of benzene rings is 2. The van der Waals surface area contributed by atoms with E-state index in [1.165, 1.54) is 6.92 Å². The molecule has 0 amide bonds. The van der Waals surface area contributed by atoms with Crippen LogP contribution in [0.15, 0.2) is 41.2 Å². The van der Waals surface area contributed by atoms with Crippen molar-refractivity contribution in [3.8, 4) is 27.3 Å². The van der Waals surface area contributed by atoms with Crippen LogP contribution in [0.2, 0.25) is 10.0 Å². The lowest BCUT2D eigenvalue weighted by Gasteiger charge is -2.18. The van der Waals surface area contributed by atoms with Crippen molar-refractivity contribution in [3.05, 3.63) is 72.7 Å². The Bertz CT molecular complexity index is 1130. The monoisotopic (exact) mass is 432 g/mol. The van der Waals surface area contributed by atoms with Crippen molar-refractivity contribution >= 4 is 40.5 Å². The minimum absolute atomic E-state index is 0.222. The molecule has 0 unspecified atom stereocenters. The molecule has 1 aromatic heterocycles.